The predicted molar refractivity (Wildman–Crippen MR) is 115 cm³/mol. The highest BCUT2D eigenvalue weighted by Crippen LogP contribution is 2.42. The maximum absolute atomic E-state index is 13.4. The third-order valence-corrected chi connectivity index (χ3v) is 7.36. The molecule has 33 heavy (non-hydrogen) atoms. The lowest BCUT2D eigenvalue weighted by Crippen LogP contribution is -2.44. The molecule has 1 saturated carbocycles. The summed E-state index contributed by atoms with van der Waals surface area (Å²) in [7, 11) is -3.94. The molecule has 1 heterocycles. The smallest absolute Gasteiger partial charge is 0.427 e. The second-order valence-corrected chi connectivity index (χ2v) is 10.3. The molecule has 1 fully saturated rings. The molecular weight excluding hydrogens is 461 g/mol. The minimum atomic E-state index is -4.76. The molecule has 1 amide bonds. The fraction of sp³-hybridized carbons (Fsp3) is 0.409. The van der Waals surface area contributed by atoms with Crippen LogP contribution >= 0.6 is 0 Å². The van der Waals surface area contributed by atoms with Crippen LogP contribution in [0.1, 0.15) is 38.2 Å². The Morgan fingerprint density at radius 3 is 2.55 bits per heavy atom. The van der Waals surface area contributed by atoms with E-state index in [0.29, 0.717) is 5.92 Å². The van der Waals surface area contributed by atoms with Crippen LogP contribution in [0.5, 0.6) is 5.75 Å². The molecule has 7 nitrogen and oxygen atoms in total. The number of sulfonamides is 1. The van der Waals surface area contributed by atoms with Crippen molar-refractivity contribution in [3.63, 3.8) is 0 Å². The van der Waals surface area contributed by atoms with Crippen LogP contribution in [0.4, 0.5) is 29.3 Å². The lowest BCUT2D eigenvalue weighted by Gasteiger charge is -2.31. The summed E-state index contributed by atoms with van der Waals surface area (Å²) in [6, 6.07) is 11.0. The molecule has 2 aliphatic rings. The maximum Gasteiger partial charge on any atom is 0.427 e. The second kappa shape index (κ2) is 8.12. The van der Waals surface area contributed by atoms with Gasteiger partial charge in [-0.3, -0.25) is 9.62 Å². The first-order chi connectivity index (χ1) is 15.4. The number of amides is 1. The van der Waals surface area contributed by atoms with Gasteiger partial charge in [0, 0.05) is 5.69 Å². The molecule has 4 rings (SSSR count). The quantitative estimate of drug-likeness (QED) is 0.643. The van der Waals surface area contributed by atoms with Gasteiger partial charge in [0.05, 0.1) is 17.1 Å². The summed E-state index contributed by atoms with van der Waals surface area (Å²) < 4.78 is 77.0. The van der Waals surface area contributed by atoms with Crippen molar-refractivity contribution in [1.82, 2.24) is 0 Å². The van der Waals surface area contributed by atoms with E-state index in [1.807, 2.05) is 6.07 Å². The number of carbonyl (C=O) groups is 1. The fourth-order valence-corrected chi connectivity index (χ4v) is 4.93. The van der Waals surface area contributed by atoms with E-state index in [-0.39, 0.29) is 35.2 Å². The van der Waals surface area contributed by atoms with E-state index in [0.717, 1.165) is 32.3 Å². The number of carbonyl (C=O) groups excluding carboxylic acids is 1. The van der Waals surface area contributed by atoms with Crippen LogP contribution < -0.4 is 14.4 Å². The first kappa shape index (κ1) is 23.2. The van der Waals surface area contributed by atoms with Gasteiger partial charge in [0.1, 0.15) is 12.4 Å². The van der Waals surface area contributed by atoms with Crippen molar-refractivity contribution in [2.75, 3.05) is 22.8 Å². The first-order valence-electron chi connectivity index (χ1n) is 10.3. The Hall–Kier alpha value is -2.95. The predicted octanol–water partition coefficient (Wildman–Crippen LogP) is 5.04. The summed E-state index contributed by atoms with van der Waals surface area (Å²) in [6.07, 6.45) is -4.02. The second-order valence-electron chi connectivity index (χ2n) is 8.48. The zero-order valence-corrected chi connectivity index (χ0v) is 18.8. The van der Waals surface area contributed by atoms with E-state index < -0.39 is 27.9 Å². The highest BCUT2D eigenvalue weighted by molar-refractivity contribution is 7.92. The van der Waals surface area contributed by atoms with Gasteiger partial charge in [-0.2, -0.15) is 13.2 Å². The maximum atomic E-state index is 13.4. The number of fused-ring (bicyclic) bond motifs is 1. The Kier molecular flexibility index (Phi) is 5.71. The van der Waals surface area contributed by atoms with Crippen LogP contribution in [-0.4, -0.2) is 39.4 Å². The lowest BCUT2D eigenvalue weighted by molar-refractivity contribution is -0.242. The van der Waals surface area contributed by atoms with E-state index in [1.165, 1.54) is 28.6 Å². The molecule has 0 saturated heterocycles. The van der Waals surface area contributed by atoms with Crippen LogP contribution in [0, 0.1) is 0 Å². The van der Waals surface area contributed by atoms with Gasteiger partial charge < -0.3 is 9.47 Å². The number of rotatable bonds is 5. The lowest BCUT2D eigenvalue weighted by atomic mass is 10.1. The monoisotopic (exact) mass is 484 g/mol. The third-order valence-electron chi connectivity index (χ3n) is 5.55. The molecule has 0 unspecified atom stereocenters. The third kappa shape index (κ3) is 4.73. The van der Waals surface area contributed by atoms with Crippen molar-refractivity contribution in [3.05, 3.63) is 48.0 Å². The van der Waals surface area contributed by atoms with Gasteiger partial charge >= 0.3 is 12.3 Å². The summed E-state index contributed by atoms with van der Waals surface area (Å²) in [6.45, 7) is 1.63. The summed E-state index contributed by atoms with van der Waals surface area (Å²) >= 11 is 0. The van der Waals surface area contributed by atoms with Crippen molar-refractivity contribution in [2.45, 2.75) is 49.3 Å². The molecule has 1 aliphatic carbocycles. The zero-order chi connectivity index (χ0) is 24.0. The Morgan fingerprint density at radius 2 is 1.88 bits per heavy atom. The number of hydrogen-bond acceptors (Lipinski definition) is 5. The molecule has 0 bridgehead atoms. The van der Waals surface area contributed by atoms with Gasteiger partial charge in [0.2, 0.25) is 5.60 Å². The van der Waals surface area contributed by atoms with E-state index in [1.54, 1.807) is 12.1 Å². The van der Waals surface area contributed by atoms with Gasteiger partial charge in [-0.15, -0.1) is 0 Å². The summed E-state index contributed by atoms with van der Waals surface area (Å²) in [5.74, 6) is 0.651. The van der Waals surface area contributed by atoms with E-state index in [9.17, 15) is 26.4 Å². The standard InChI is InChI=1S/C22H23F3N2O5S/c1-21(2,22(23,24)25)32-20(28)26-16-8-9-19-18(13-16)27(10-11-31-19)33(29,30)17-5-3-4-15(12-17)14-6-7-14/h3-5,8-9,12-14H,6-7,10-11H2,1-2H3,(H,26,28). The van der Waals surface area contributed by atoms with Crippen LogP contribution in [-0.2, 0) is 14.8 Å². The van der Waals surface area contributed by atoms with Crippen LogP contribution in [0.3, 0.4) is 0 Å². The molecule has 0 radical (unpaired) electrons. The summed E-state index contributed by atoms with van der Waals surface area (Å²) in [4.78, 5) is 12.2. The van der Waals surface area contributed by atoms with Gasteiger partial charge in [-0.1, -0.05) is 12.1 Å². The molecule has 2 aromatic carbocycles. The largest absolute Gasteiger partial charge is 0.489 e. The number of ether oxygens (including phenoxy) is 2. The van der Waals surface area contributed by atoms with Gasteiger partial charge in [-0.05, 0) is 68.5 Å². The summed E-state index contributed by atoms with van der Waals surface area (Å²) in [5, 5.41) is 2.23. The van der Waals surface area contributed by atoms with Gasteiger partial charge in [-0.25, -0.2) is 13.2 Å². The number of anilines is 2. The van der Waals surface area contributed by atoms with Gasteiger partial charge in [0.15, 0.2) is 0 Å². The Labute approximate surface area is 189 Å². The molecule has 1 aliphatic heterocycles. The molecule has 1 N–H and O–H groups in total. The SMILES string of the molecule is CC(C)(OC(=O)Nc1ccc2c(c1)N(S(=O)(=O)c1cccc(C3CC3)c1)CCO2)C(F)(F)F. The van der Waals surface area contributed by atoms with Gasteiger partial charge in [0.25, 0.3) is 10.0 Å². The number of halogens is 3. The van der Waals surface area contributed by atoms with E-state index in [2.05, 4.69) is 10.1 Å². The highest BCUT2D eigenvalue weighted by Gasteiger charge is 2.51. The molecule has 178 valence electrons. The number of benzene rings is 2. The highest BCUT2D eigenvalue weighted by atomic mass is 32.2. The Bertz CT molecular complexity index is 1180. The Morgan fingerprint density at radius 1 is 1.15 bits per heavy atom. The molecule has 11 heteroatoms. The number of alkyl halides is 3. The van der Waals surface area contributed by atoms with Crippen molar-refractivity contribution in [2.24, 2.45) is 0 Å². The topological polar surface area (TPSA) is 84.9 Å². The zero-order valence-electron chi connectivity index (χ0n) is 18.0. The van der Waals surface area contributed by atoms with Crippen molar-refractivity contribution in [1.29, 1.82) is 0 Å². The first-order valence-corrected chi connectivity index (χ1v) is 11.8. The fourth-order valence-electron chi connectivity index (χ4n) is 3.43. The van der Waals surface area contributed by atoms with E-state index >= 15 is 0 Å². The molecule has 0 spiro atoms. The number of nitrogens with zero attached hydrogens (tertiary/aromatic N) is 1. The van der Waals surface area contributed by atoms with Crippen LogP contribution in [0.25, 0.3) is 0 Å². The minimum absolute atomic E-state index is 0.0397. The number of hydrogen-bond donors (Lipinski definition) is 1. The normalized spacial score (nSPS) is 16.6. The molecule has 2 aromatic rings. The Balaban J connectivity index is 1.59. The average molecular weight is 484 g/mol. The summed E-state index contributed by atoms with van der Waals surface area (Å²) in [5.41, 5.74) is -1.49. The molecular formula is C22H23F3N2O5S. The average Bonchev–Trinajstić information content (AvgIpc) is 3.57. The molecule has 0 atom stereocenters. The van der Waals surface area contributed by atoms with Crippen LogP contribution in [0.15, 0.2) is 47.4 Å². The van der Waals surface area contributed by atoms with Crippen molar-refractivity contribution in [3.8, 4) is 5.75 Å². The molecule has 0 aromatic heterocycles. The van der Waals surface area contributed by atoms with E-state index in [4.69, 9.17) is 4.74 Å². The van der Waals surface area contributed by atoms with Crippen LogP contribution in [0.2, 0.25) is 0 Å². The van der Waals surface area contributed by atoms with Crippen molar-refractivity contribution >= 4 is 27.5 Å². The van der Waals surface area contributed by atoms with Crippen molar-refractivity contribution < 1.29 is 35.9 Å². The number of nitrogens with one attached hydrogen (secondary N) is 1. The minimum Gasteiger partial charge on any atom is -0.489 e.